The average molecular weight is 130 g/mol. The summed E-state index contributed by atoms with van der Waals surface area (Å²) in [6.45, 7) is 1.46. The number of hydrogen-bond acceptors (Lipinski definition) is 2. The predicted octanol–water partition coefficient (Wildman–Crippen LogP) is -1.15. The lowest BCUT2D eigenvalue weighted by molar-refractivity contribution is -0.132. The van der Waals surface area contributed by atoms with E-state index in [0.29, 0.717) is 0 Å². The number of nitrogens with two attached hydrogens (primary N) is 1. The van der Waals surface area contributed by atoms with E-state index in [1.165, 1.54) is 14.0 Å². The van der Waals surface area contributed by atoms with Crippen LogP contribution in [0, 0.1) is 5.92 Å². The second-order valence-corrected chi connectivity index (χ2v) is 1.74. The molecule has 0 aliphatic carbocycles. The summed E-state index contributed by atoms with van der Waals surface area (Å²) in [4.78, 5) is 20.8. The third-order valence-electron chi connectivity index (χ3n) is 1.07. The largest absolute Gasteiger partial charge is 0.369 e. The van der Waals surface area contributed by atoms with Crippen LogP contribution in [0.2, 0.25) is 0 Å². The van der Waals surface area contributed by atoms with Crippen LogP contribution >= 0.6 is 0 Å². The molecule has 0 radical (unpaired) electrons. The van der Waals surface area contributed by atoms with Gasteiger partial charge < -0.3 is 11.1 Å². The van der Waals surface area contributed by atoms with Crippen molar-refractivity contribution in [2.45, 2.75) is 6.92 Å². The highest BCUT2D eigenvalue weighted by molar-refractivity contribution is 5.98. The summed E-state index contributed by atoms with van der Waals surface area (Å²) in [5.74, 6) is -1.67. The molecular formula is C5H10N2O2. The topological polar surface area (TPSA) is 72.2 Å². The number of rotatable bonds is 2. The average Bonchev–Trinajstić information content (AvgIpc) is 1.84. The van der Waals surface area contributed by atoms with Crippen LogP contribution in [0.5, 0.6) is 0 Å². The summed E-state index contributed by atoms with van der Waals surface area (Å²) in [5, 5.41) is 2.31. The molecule has 0 aliphatic heterocycles. The van der Waals surface area contributed by atoms with Gasteiger partial charge in [-0.05, 0) is 6.92 Å². The Labute approximate surface area is 53.4 Å². The molecule has 3 N–H and O–H groups in total. The molecule has 1 atom stereocenters. The highest BCUT2D eigenvalue weighted by Gasteiger charge is 2.15. The zero-order chi connectivity index (χ0) is 7.44. The molecule has 0 aromatic carbocycles. The first-order valence-electron chi connectivity index (χ1n) is 2.60. The molecule has 0 fully saturated rings. The van der Waals surface area contributed by atoms with Crippen molar-refractivity contribution in [3.05, 3.63) is 0 Å². The Balaban J connectivity index is 3.88. The van der Waals surface area contributed by atoms with E-state index < -0.39 is 11.8 Å². The molecule has 1 unspecified atom stereocenters. The Bertz CT molecular complexity index is 133. The van der Waals surface area contributed by atoms with Crippen molar-refractivity contribution in [2.75, 3.05) is 7.05 Å². The van der Waals surface area contributed by atoms with E-state index >= 15 is 0 Å². The van der Waals surface area contributed by atoms with Crippen molar-refractivity contribution in [3.63, 3.8) is 0 Å². The first kappa shape index (κ1) is 7.94. The number of carbonyl (C=O) groups is 2. The van der Waals surface area contributed by atoms with Gasteiger partial charge in [-0.15, -0.1) is 0 Å². The summed E-state index contributed by atoms with van der Waals surface area (Å²) in [6, 6.07) is 0. The predicted molar refractivity (Wildman–Crippen MR) is 32.4 cm³/mol. The molecule has 52 valence electrons. The van der Waals surface area contributed by atoms with Crippen molar-refractivity contribution in [1.29, 1.82) is 0 Å². The molecule has 0 aromatic heterocycles. The normalized spacial score (nSPS) is 12.2. The Kier molecular flexibility index (Phi) is 2.70. The first-order chi connectivity index (χ1) is 4.09. The smallest absolute Gasteiger partial charge is 0.232 e. The standard InChI is InChI=1S/C5H10N2O2/c1-3(4(6)8)5(9)7-2/h3H,1-2H3,(H2,6,8)(H,7,9). The molecule has 4 heteroatoms. The molecule has 0 saturated carbocycles. The van der Waals surface area contributed by atoms with Gasteiger partial charge in [0.15, 0.2) is 0 Å². The van der Waals surface area contributed by atoms with Crippen LogP contribution in [0.25, 0.3) is 0 Å². The lowest BCUT2D eigenvalue weighted by Gasteiger charge is -2.02. The minimum Gasteiger partial charge on any atom is -0.369 e. The van der Waals surface area contributed by atoms with E-state index in [4.69, 9.17) is 5.73 Å². The molecule has 4 nitrogen and oxygen atoms in total. The zero-order valence-electron chi connectivity index (χ0n) is 5.47. The van der Waals surface area contributed by atoms with Crippen LogP contribution in [0.15, 0.2) is 0 Å². The molecule has 0 spiro atoms. The van der Waals surface area contributed by atoms with Crippen molar-refractivity contribution >= 4 is 11.8 Å². The molecule has 0 rings (SSSR count). The maximum atomic E-state index is 10.5. The van der Waals surface area contributed by atoms with Gasteiger partial charge >= 0.3 is 0 Å². The van der Waals surface area contributed by atoms with Gasteiger partial charge in [-0.1, -0.05) is 0 Å². The fourth-order valence-corrected chi connectivity index (χ4v) is 0.346. The Morgan fingerprint density at radius 3 is 2.11 bits per heavy atom. The number of amides is 2. The summed E-state index contributed by atoms with van der Waals surface area (Å²) in [5.41, 5.74) is 4.81. The first-order valence-corrected chi connectivity index (χ1v) is 2.60. The highest BCUT2D eigenvalue weighted by Crippen LogP contribution is 1.90. The number of hydrogen-bond donors (Lipinski definition) is 2. The highest BCUT2D eigenvalue weighted by atomic mass is 16.2. The zero-order valence-corrected chi connectivity index (χ0v) is 5.47. The number of carbonyl (C=O) groups excluding carboxylic acids is 2. The van der Waals surface area contributed by atoms with E-state index in [9.17, 15) is 9.59 Å². The van der Waals surface area contributed by atoms with Crippen LogP contribution in [0.4, 0.5) is 0 Å². The van der Waals surface area contributed by atoms with Crippen molar-refractivity contribution in [2.24, 2.45) is 11.7 Å². The maximum Gasteiger partial charge on any atom is 0.232 e. The van der Waals surface area contributed by atoms with Gasteiger partial charge in [0.05, 0.1) is 0 Å². The van der Waals surface area contributed by atoms with Gasteiger partial charge in [0.25, 0.3) is 0 Å². The quantitative estimate of drug-likeness (QED) is 0.463. The fourth-order valence-electron chi connectivity index (χ4n) is 0.346. The van der Waals surface area contributed by atoms with Gasteiger partial charge in [-0.25, -0.2) is 0 Å². The molecule has 0 bridgehead atoms. The van der Waals surface area contributed by atoms with Crippen LogP contribution in [-0.2, 0) is 9.59 Å². The van der Waals surface area contributed by atoms with Gasteiger partial charge in [-0.3, -0.25) is 9.59 Å². The van der Waals surface area contributed by atoms with Crippen molar-refractivity contribution in [3.8, 4) is 0 Å². The fraction of sp³-hybridized carbons (Fsp3) is 0.600. The van der Waals surface area contributed by atoms with Crippen LogP contribution in [0.3, 0.4) is 0 Å². The number of nitrogens with one attached hydrogen (secondary N) is 1. The second kappa shape index (κ2) is 3.06. The van der Waals surface area contributed by atoms with Crippen LogP contribution < -0.4 is 11.1 Å². The lowest BCUT2D eigenvalue weighted by atomic mass is 10.1. The lowest BCUT2D eigenvalue weighted by Crippen LogP contribution is -2.34. The summed E-state index contributed by atoms with van der Waals surface area (Å²) < 4.78 is 0. The molecule has 0 aliphatic rings. The van der Waals surface area contributed by atoms with E-state index in [2.05, 4.69) is 5.32 Å². The van der Waals surface area contributed by atoms with E-state index in [0.717, 1.165) is 0 Å². The minimum atomic E-state index is -0.727. The van der Waals surface area contributed by atoms with Gasteiger partial charge in [0.2, 0.25) is 11.8 Å². The summed E-state index contributed by atoms with van der Waals surface area (Å²) >= 11 is 0. The molecular weight excluding hydrogens is 120 g/mol. The van der Waals surface area contributed by atoms with E-state index in [1.54, 1.807) is 0 Å². The van der Waals surface area contributed by atoms with Gasteiger partial charge in [-0.2, -0.15) is 0 Å². The van der Waals surface area contributed by atoms with Crippen molar-refractivity contribution in [1.82, 2.24) is 5.32 Å². The van der Waals surface area contributed by atoms with Gasteiger partial charge in [0.1, 0.15) is 5.92 Å². The van der Waals surface area contributed by atoms with Crippen LogP contribution in [-0.4, -0.2) is 18.9 Å². The van der Waals surface area contributed by atoms with Gasteiger partial charge in [0, 0.05) is 7.05 Å². The molecule has 2 amide bonds. The SMILES string of the molecule is CNC(=O)C(C)C(N)=O. The van der Waals surface area contributed by atoms with E-state index in [1.807, 2.05) is 0 Å². The monoisotopic (exact) mass is 130 g/mol. The van der Waals surface area contributed by atoms with Crippen molar-refractivity contribution < 1.29 is 9.59 Å². The Morgan fingerprint density at radius 2 is 2.00 bits per heavy atom. The minimum absolute atomic E-state index is 0.345. The Hall–Kier alpha value is -1.06. The third kappa shape index (κ3) is 2.12. The van der Waals surface area contributed by atoms with Crippen LogP contribution in [0.1, 0.15) is 6.92 Å². The Morgan fingerprint density at radius 1 is 1.56 bits per heavy atom. The molecule has 0 saturated heterocycles. The molecule has 9 heavy (non-hydrogen) atoms. The second-order valence-electron chi connectivity index (χ2n) is 1.74. The number of primary amides is 1. The van der Waals surface area contributed by atoms with E-state index in [-0.39, 0.29) is 5.91 Å². The summed E-state index contributed by atoms with van der Waals surface area (Å²) in [7, 11) is 1.46. The molecule has 0 heterocycles. The third-order valence-corrected chi connectivity index (χ3v) is 1.07. The molecule has 0 aromatic rings. The maximum absolute atomic E-state index is 10.5. The summed E-state index contributed by atoms with van der Waals surface area (Å²) in [6.07, 6.45) is 0.